The molecule has 1 fully saturated rings. The molecule has 2 aromatic rings. The maximum absolute atomic E-state index is 6.28. The summed E-state index contributed by atoms with van der Waals surface area (Å²) in [5.74, 6) is 1.98. The van der Waals surface area contributed by atoms with Gasteiger partial charge in [-0.1, -0.05) is 28.8 Å². The summed E-state index contributed by atoms with van der Waals surface area (Å²) in [4.78, 5) is 4.68. The molecular formula is C15H18BrClN2. The van der Waals surface area contributed by atoms with Crippen LogP contribution in [0, 0.1) is 5.92 Å². The van der Waals surface area contributed by atoms with Crippen molar-refractivity contribution >= 4 is 38.6 Å². The molecule has 0 saturated heterocycles. The molecule has 19 heavy (non-hydrogen) atoms. The molecule has 0 radical (unpaired) electrons. The lowest BCUT2D eigenvalue weighted by atomic mass is 10.2. The van der Waals surface area contributed by atoms with Gasteiger partial charge in [-0.3, -0.25) is 0 Å². The molecule has 1 heterocycles. The van der Waals surface area contributed by atoms with Crippen LogP contribution in [0.1, 0.15) is 43.8 Å². The summed E-state index contributed by atoms with van der Waals surface area (Å²) in [5.41, 5.74) is 2.23. The molecule has 102 valence electrons. The molecule has 1 aromatic carbocycles. The summed E-state index contributed by atoms with van der Waals surface area (Å²) in [5, 5.41) is -0.0490. The number of nitrogens with zero attached hydrogens (tertiary/aromatic N) is 2. The second kappa shape index (κ2) is 5.45. The Morgan fingerprint density at radius 2 is 2.26 bits per heavy atom. The van der Waals surface area contributed by atoms with Crippen molar-refractivity contribution in [3.8, 4) is 0 Å². The molecule has 1 aromatic heterocycles. The molecule has 0 aliphatic heterocycles. The number of fused-ring (bicyclic) bond motifs is 1. The Hall–Kier alpha value is -0.540. The average molecular weight is 342 g/mol. The number of hydrogen-bond donors (Lipinski definition) is 0. The number of rotatable bonds is 5. The highest BCUT2D eigenvalue weighted by molar-refractivity contribution is 9.10. The minimum Gasteiger partial charge on any atom is -0.327 e. The number of aromatic nitrogens is 2. The van der Waals surface area contributed by atoms with Crippen LogP contribution in [-0.2, 0) is 6.54 Å². The highest BCUT2D eigenvalue weighted by Gasteiger charge is 2.21. The first kappa shape index (κ1) is 13.4. The van der Waals surface area contributed by atoms with Crippen molar-refractivity contribution in [3.63, 3.8) is 0 Å². The second-order valence-corrected chi connectivity index (χ2v) is 7.03. The van der Waals surface area contributed by atoms with E-state index in [4.69, 9.17) is 11.6 Å². The first-order valence-corrected chi connectivity index (χ1v) is 8.18. The predicted molar refractivity (Wildman–Crippen MR) is 83.7 cm³/mol. The maximum Gasteiger partial charge on any atom is 0.127 e. The zero-order valence-corrected chi connectivity index (χ0v) is 13.4. The molecule has 1 aliphatic rings. The Balaban J connectivity index is 1.91. The maximum atomic E-state index is 6.28. The molecule has 1 aliphatic carbocycles. The first-order valence-electron chi connectivity index (χ1n) is 6.95. The topological polar surface area (TPSA) is 17.8 Å². The van der Waals surface area contributed by atoms with Crippen LogP contribution in [0.25, 0.3) is 11.0 Å². The van der Waals surface area contributed by atoms with Gasteiger partial charge < -0.3 is 4.57 Å². The van der Waals surface area contributed by atoms with E-state index in [0.717, 1.165) is 28.3 Å². The molecule has 1 saturated carbocycles. The van der Waals surface area contributed by atoms with Gasteiger partial charge >= 0.3 is 0 Å². The van der Waals surface area contributed by atoms with Gasteiger partial charge in [0.05, 0.1) is 16.4 Å². The van der Waals surface area contributed by atoms with Crippen molar-refractivity contribution in [2.24, 2.45) is 5.92 Å². The van der Waals surface area contributed by atoms with Gasteiger partial charge in [-0.25, -0.2) is 4.98 Å². The average Bonchev–Trinajstić information content (AvgIpc) is 3.11. The highest BCUT2D eigenvalue weighted by Crippen LogP contribution is 2.34. The van der Waals surface area contributed by atoms with Gasteiger partial charge in [0, 0.05) is 11.0 Å². The fourth-order valence-electron chi connectivity index (χ4n) is 2.60. The smallest absolute Gasteiger partial charge is 0.127 e. The van der Waals surface area contributed by atoms with E-state index in [0.29, 0.717) is 0 Å². The van der Waals surface area contributed by atoms with Gasteiger partial charge in [0.1, 0.15) is 5.82 Å². The highest BCUT2D eigenvalue weighted by atomic mass is 79.9. The number of benzene rings is 1. The van der Waals surface area contributed by atoms with Crippen molar-refractivity contribution in [2.45, 2.75) is 44.5 Å². The number of halogens is 2. The lowest BCUT2D eigenvalue weighted by molar-refractivity contribution is 0.569. The van der Waals surface area contributed by atoms with E-state index in [1.165, 1.54) is 31.2 Å². The minimum atomic E-state index is -0.0490. The molecule has 0 amide bonds. The Labute approximate surface area is 127 Å². The van der Waals surface area contributed by atoms with Crippen molar-refractivity contribution in [3.05, 3.63) is 28.5 Å². The van der Waals surface area contributed by atoms with Gasteiger partial charge in [0.2, 0.25) is 0 Å². The van der Waals surface area contributed by atoms with E-state index in [9.17, 15) is 0 Å². The van der Waals surface area contributed by atoms with E-state index in [-0.39, 0.29) is 5.38 Å². The van der Waals surface area contributed by atoms with Crippen LogP contribution in [-0.4, -0.2) is 9.55 Å². The number of imidazole rings is 1. The third-order valence-electron chi connectivity index (χ3n) is 3.79. The molecule has 1 unspecified atom stereocenters. The third kappa shape index (κ3) is 2.97. The third-order valence-corrected chi connectivity index (χ3v) is 4.48. The fourth-order valence-corrected chi connectivity index (χ4v) is 3.11. The van der Waals surface area contributed by atoms with Crippen LogP contribution in [0.5, 0.6) is 0 Å². The SMILES string of the molecule is CC(Cl)c1nc2ccc(Br)cc2n1CCCC1CC1. The van der Waals surface area contributed by atoms with Gasteiger partial charge in [-0.05, 0) is 43.9 Å². The Bertz CT molecular complexity index is 587. The van der Waals surface area contributed by atoms with Crippen molar-refractivity contribution < 1.29 is 0 Å². The number of alkyl halides is 1. The summed E-state index contributed by atoms with van der Waals surface area (Å²) in [7, 11) is 0. The van der Waals surface area contributed by atoms with Gasteiger partial charge in [-0.2, -0.15) is 0 Å². The largest absolute Gasteiger partial charge is 0.327 e. The molecule has 0 bridgehead atoms. The quantitative estimate of drug-likeness (QED) is 0.676. The summed E-state index contributed by atoms with van der Waals surface area (Å²) in [6.07, 6.45) is 5.41. The summed E-state index contributed by atoms with van der Waals surface area (Å²) >= 11 is 9.82. The van der Waals surface area contributed by atoms with E-state index in [1.54, 1.807) is 0 Å². The second-order valence-electron chi connectivity index (χ2n) is 5.46. The lowest BCUT2D eigenvalue weighted by Gasteiger charge is -2.10. The fraction of sp³-hybridized carbons (Fsp3) is 0.533. The van der Waals surface area contributed by atoms with Crippen molar-refractivity contribution in [2.75, 3.05) is 0 Å². The molecular weight excluding hydrogens is 324 g/mol. The summed E-state index contributed by atoms with van der Waals surface area (Å²) in [6, 6.07) is 6.23. The Kier molecular flexibility index (Phi) is 3.86. The first-order chi connectivity index (χ1) is 9.15. The van der Waals surface area contributed by atoms with Gasteiger partial charge in [0.25, 0.3) is 0 Å². The molecule has 3 rings (SSSR count). The zero-order valence-electron chi connectivity index (χ0n) is 11.1. The zero-order chi connectivity index (χ0) is 13.4. The molecule has 1 atom stereocenters. The lowest BCUT2D eigenvalue weighted by Crippen LogP contribution is -2.05. The minimum absolute atomic E-state index is 0.0490. The van der Waals surface area contributed by atoms with E-state index >= 15 is 0 Å². The van der Waals surface area contributed by atoms with Crippen LogP contribution in [0.4, 0.5) is 0 Å². The monoisotopic (exact) mass is 340 g/mol. The predicted octanol–water partition coefficient (Wildman–Crippen LogP) is 5.29. The summed E-state index contributed by atoms with van der Waals surface area (Å²) < 4.78 is 3.39. The Morgan fingerprint density at radius 3 is 2.95 bits per heavy atom. The number of hydrogen-bond acceptors (Lipinski definition) is 1. The van der Waals surface area contributed by atoms with E-state index in [1.807, 2.05) is 13.0 Å². The van der Waals surface area contributed by atoms with Gasteiger partial charge in [0.15, 0.2) is 0 Å². The molecule has 4 heteroatoms. The normalized spacial score (nSPS) is 17.0. The van der Waals surface area contributed by atoms with Crippen LogP contribution in [0.15, 0.2) is 22.7 Å². The summed E-state index contributed by atoms with van der Waals surface area (Å²) in [6.45, 7) is 3.02. The van der Waals surface area contributed by atoms with Crippen LogP contribution < -0.4 is 0 Å². The van der Waals surface area contributed by atoms with Gasteiger partial charge in [-0.15, -0.1) is 11.6 Å². The standard InChI is InChI=1S/C15H18BrClN2/c1-10(17)15-18-13-7-6-12(16)9-14(13)19(15)8-2-3-11-4-5-11/h6-7,9-11H,2-5,8H2,1H3. The van der Waals surface area contributed by atoms with E-state index < -0.39 is 0 Å². The van der Waals surface area contributed by atoms with E-state index in [2.05, 4.69) is 37.6 Å². The van der Waals surface area contributed by atoms with Crippen LogP contribution >= 0.6 is 27.5 Å². The van der Waals surface area contributed by atoms with Crippen LogP contribution in [0.2, 0.25) is 0 Å². The van der Waals surface area contributed by atoms with Crippen molar-refractivity contribution in [1.29, 1.82) is 0 Å². The number of aryl methyl sites for hydroxylation is 1. The van der Waals surface area contributed by atoms with Crippen molar-refractivity contribution in [1.82, 2.24) is 9.55 Å². The molecule has 2 nitrogen and oxygen atoms in total. The molecule has 0 spiro atoms. The molecule has 0 N–H and O–H groups in total. The van der Waals surface area contributed by atoms with Crippen LogP contribution in [0.3, 0.4) is 0 Å². The Morgan fingerprint density at radius 1 is 1.47 bits per heavy atom.